The minimum atomic E-state index is -4.60. The molecule has 6 nitrogen and oxygen atoms in total. The lowest BCUT2D eigenvalue weighted by atomic mass is 10.5. The molecule has 0 aliphatic carbocycles. The Hall–Kier alpha value is -0.920. The Morgan fingerprint density at radius 3 is 2.54 bits per heavy atom. The molecule has 0 heterocycles. The molecule has 0 radical (unpaired) electrons. The van der Waals surface area contributed by atoms with Crippen molar-refractivity contribution in [3.63, 3.8) is 0 Å². The highest BCUT2D eigenvalue weighted by Gasteiger charge is 2.17. The van der Waals surface area contributed by atoms with Gasteiger partial charge in [-0.05, 0) is 0 Å². The van der Waals surface area contributed by atoms with Gasteiger partial charge in [-0.15, -0.1) is 0 Å². The van der Waals surface area contributed by atoms with Gasteiger partial charge in [0.05, 0.1) is 0 Å². The normalized spacial score (nSPS) is 13.4. The molecule has 0 bridgehead atoms. The maximum atomic E-state index is 10.6. The van der Waals surface area contributed by atoms with E-state index in [0.29, 0.717) is 0 Å². The molecular formula is C6H10O6S. The van der Waals surface area contributed by atoms with Crippen molar-refractivity contribution in [3.8, 4) is 0 Å². The number of carbonyl (C=O) groups excluding carboxylic acids is 1. The van der Waals surface area contributed by atoms with Crippen molar-refractivity contribution in [2.45, 2.75) is 19.6 Å². The first-order valence-corrected chi connectivity index (χ1v) is 4.74. The van der Waals surface area contributed by atoms with Crippen molar-refractivity contribution in [2.24, 2.45) is 0 Å². The molecule has 0 rings (SSSR count). The molecule has 13 heavy (non-hydrogen) atoms. The van der Waals surface area contributed by atoms with Gasteiger partial charge in [-0.25, -0.2) is 8.98 Å². The largest absolute Gasteiger partial charge is 0.431 e. The van der Waals surface area contributed by atoms with Crippen molar-refractivity contribution >= 4 is 16.4 Å². The van der Waals surface area contributed by atoms with E-state index < -0.39 is 22.7 Å². The lowest BCUT2D eigenvalue weighted by Crippen LogP contribution is -2.22. The van der Waals surface area contributed by atoms with Crippen LogP contribution >= 0.6 is 0 Å². The van der Waals surface area contributed by atoms with Crippen LogP contribution in [0.1, 0.15) is 13.3 Å². The second-order valence-electron chi connectivity index (χ2n) is 2.00. The average molecular weight is 210 g/mol. The van der Waals surface area contributed by atoms with Crippen LogP contribution in [-0.4, -0.2) is 25.2 Å². The van der Waals surface area contributed by atoms with Crippen molar-refractivity contribution in [1.82, 2.24) is 0 Å². The Bertz CT molecular complexity index is 279. The molecule has 1 unspecified atom stereocenters. The molecular weight excluding hydrogens is 200 g/mol. The summed E-state index contributed by atoms with van der Waals surface area (Å²) >= 11 is 0. The van der Waals surface area contributed by atoms with Gasteiger partial charge in [0.15, 0.2) is 0 Å². The summed E-state index contributed by atoms with van der Waals surface area (Å²) in [5.41, 5.74) is 0. The van der Waals surface area contributed by atoms with Gasteiger partial charge in [0.25, 0.3) is 0 Å². The van der Waals surface area contributed by atoms with Crippen molar-refractivity contribution in [1.29, 1.82) is 0 Å². The SMILES string of the molecule is C=CC(=O)OC(CC)OS(=O)(=O)O. The van der Waals surface area contributed by atoms with Gasteiger partial charge in [0, 0.05) is 12.5 Å². The lowest BCUT2D eigenvalue weighted by Gasteiger charge is -2.12. The molecule has 0 fully saturated rings. The molecule has 0 aliphatic heterocycles. The molecule has 0 saturated heterocycles. The van der Waals surface area contributed by atoms with Crippen molar-refractivity contribution in [3.05, 3.63) is 12.7 Å². The van der Waals surface area contributed by atoms with Gasteiger partial charge in [0.2, 0.25) is 6.29 Å². The number of esters is 1. The van der Waals surface area contributed by atoms with Gasteiger partial charge in [-0.3, -0.25) is 4.55 Å². The topological polar surface area (TPSA) is 89.9 Å². The molecule has 1 N–H and O–H groups in total. The summed E-state index contributed by atoms with van der Waals surface area (Å²) in [6.45, 7) is 4.62. The standard InChI is InChI=1S/C6H10O6S/c1-3-5(7)11-6(4-2)12-13(8,9)10/h3,6H,1,4H2,2H3,(H,8,9,10). The van der Waals surface area contributed by atoms with E-state index in [0.717, 1.165) is 6.08 Å². The van der Waals surface area contributed by atoms with E-state index in [1.807, 2.05) is 0 Å². The fraction of sp³-hybridized carbons (Fsp3) is 0.500. The van der Waals surface area contributed by atoms with Gasteiger partial charge < -0.3 is 4.74 Å². The summed E-state index contributed by atoms with van der Waals surface area (Å²) in [5, 5.41) is 0. The molecule has 0 aromatic carbocycles. The van der Waals surface area contributed by atoms with Crippen LogP contribution in [-0.2, 0) is 24.1 Å². The van der Waals surface area contributed by atoms with Gasteiger partial charge >= 0.3 is 16.4 Å². The predicted molar refractivity (Wildman–Crippen MR) is 43.0 cm³/mol. The Morgan fingerprint density at radius 2 is 2.23 bits per heavy atom. The number of ether oxygens (including phenoxy) is 1. The minimum Gasteiger partial charge on any atom is -0.431 e. The third kappa shape index (κ3) is 6.26. The maximum Gasteiger partial charge on any atom is 0.400 e. The number of hydrogen-bond donors (Lipinski definition) is 1. The second kappa shape index (κ2) is 4.95. The van der Waals surface area contributed by atoms with E-state index in [2.05, 4.69) is 15.5 Å². The van der Waals surface area contributed by atoms with E-state index in [1.165, 1.54) is 6.92 Å². The Morgan fingerprint density at radius 1 is 1.69 bits per heavy atom. The molecule has 0 aromatic rings. The van der Waals surface area contributed by atoms with Gasteiger partial charge in [-0.2, -0.15) is 8.42 Å². The summed E-state index contributed by atoms with van der Waals surface area (Å²) in [5.74, 6) is -0.824. The molecule has 0 aliphatic rings. The van der Waals surface area contributed by atoms with Crippen LogP contribution in [0, 0.1) is 0 Å². The average Bonchev–Trinajstić information content (AvgIpc) is 2.00. The first-order valence-electron chi connectivity index (χ1n) is 3.37. The molecule has 76 valence electrons. The van der Waals surface area contributed by atoms with E-state index in [4.69, 9.17) is 4.55 Å². The summed E-state index contributed by atoms with van der Waals surface area (Å²) in [6, 6.07) is 0. The fourth-order valence-electron chi connectivity index (χ4n) is 0.484. The van der Waals surface area contributed by atoms with Crippen LogP contribution < -0.4 is 0 Å². The highest BCUT2D eigenvalue weighted by Crippen LogP contribution is 2.04. The number of rotatable bonds is 5. The lowest BCUT2D eigenvalue weighted by molar-refractivity contribution is -0.157. The van der Waals surface area contributed by atoms with Crippen LogP contribution in [0.4, 0.5) is 0 Å². The highest BCUT2D eigenvalue weighted by atomic mass is 32.3. The monoisotopic (exact) mass is 210 g/mol. The van der Waals surface area contributed by atoms with Crippen LogP contribution in [0.3, 0.4) is 0 Å². The van der Waals surface area contributed by atoms with Crippen LogP contribution in [0.2, 0.25) is 0 Å². The fourth-order valence-corrected chi connectivity index (χ4v) is 0.931. The zero-order chi connectivity index (χ0) is 10.5. The van der Waals surface area contributed by atoms with Crippen LogP contribution in [0.5, 0.6) is 0 Å². The Labute approximate surface area is 76.1 Å². The Balaban J connectivity index is 4.20. The van der Waals surface area contributed by atoms with Gasteiger partial charge in [-0.1, -0.05) is 13.5 Å². The van der Waals surface area contributed by atoms with Crippen LogP contribution in [0.15, 0.2) is 12.7 Å². The van der Waals surface area contributed by atoms with Gasteiger partial charge in [0.1, 0.15) is 0 Å². The van der Waals surface area contributed by atoms with E-state index in [1.54, 1.807) is 0 Å². The Kier molecular flexibility index (Phi) is 4.60. The summed E-state index contributed by atoms with van der Waals surface area (Å²) in [4.78, 5) is 10.6. The third-order valence-corrected chi connectivity index (χ3v) is 1.43. The molecule has 0 amide bonds. The molecule has 0 aromatic heterocycles. The second-order valence-corrected chi connectivity index (χ2v) is 3.05. The number of hydrogen-bond acceptors (Lipinski definition) is 5. The van der Waals surface area contributed by atoms with E-state index in [-0.39, 0.29) is 6.42 Å². The predicted octanol–water partition coefficient (Wildman–Crippen LogP) is 0.271. The summed E-state index contributed by atoms with van der Waals surface area (Å²) < 4.78 is 37.0. The van der Waals surface area contributed by atoms with E-state index in [9.17, 15) is 13.2 Å². The quantitative estimate of drug-likeness (QED) is 0.303. The van der Waals surface area contributed by atoms with Crippen LogP contribution in [0.25, 0.3) is 0 Å². The van der Waals surface area contributed by atoms with Crippen molar-refractivity contribution < 1.29 is 26.7 Å². The summed E-state index contributed by atoms with van der Waals surface area (Å²) in [6.07, 6.45) is -0.365. The molecule has 7 heteroatoms. The zero-order valence-electron chi connectivity index (χ0n) is 6.97. The molecule has 0 saturated carbocycles. The minimum absolute atomic E-state index is 0.0966. The summed E-state index contributed by atoms with van der Waals surface area (Å²) in [7, 11) is -4.60. The first kappa shape index (κ1) is 12.1. The molecule has 0 spiro atoms. The molecule has 1 atom stereocenters. The van der Waals surface area contributed by atoms with E-state index >= 15 is 0 Å². The number of carbonyl (C=O) groups is 1. The highest BCUT2D eigenvalue weighted by molar-refractivity contribution is 7.80. The smallest absolute Gasteiger partial charge is 0.400 e. The zero-order valence-corrected chi connectivity index (χ0v) is 7.78. The van der Waals surface area contributed by atoms with Crippen molar-refractivity contribution in [2.75, 3.05) is 0 Å². The third-order valence-electron chi connectivity index (χ3n) is 0.977. The maximum absolute atomic E-state index is 10.6. The first-order chi connectivity index (χ1) is 5.89.